The van der Waals surface area contributed by atoms with Gasteiger partial charge in [-0.1, -0.05) is 13.8 Å². The first kappa shape index (κ1) is 11.9. The second-order valence-electron chi connectivity index (χ2n) is 5.18. The molecule has 4 nitrogen and oxygen atoms in total. The van der Waals surface area contributed by atoms with Crippen LogP contribution in [0.1, 0.15) is 26.7 Å². The van der Waals surface area contributed by atoms with Crippen LogP contribution in [0.2, 0.25) is 0 Å². The van der Waals surface area contributed by atoms with E-state index in [2.05, 4.69) is 19.2 Å². The number of nitrogens with one attached hydrogen (secondary N) is 1. The molecule has 0 radical (unpaired) electrons. The van der Waals surface area contributed by atoms with E-state index in [0.717, 1.165) is 32.6 Å². The number of ether oxygens (including phenoxy) is 1. The van der Waals surface area contributed by atoms with Gasteiger partial charge in [-0.2, -0.15) is 0 Å². The molecular weight excluding hydrogens is 204 g/mol. The molecule has 0 saturated carbocycles. The number of carbonyl (C=O) groups is 1. The lowest BCUT2D eigenvalue weighted by molar-refractivity contribution is -0.128. The van der Waals surface area contributed by atoms with Crippen LogP contribution in [-0.2, 0) is 9.53 Å². The summed E-state index contributed by atoms with van der Waals surface area (Å²) in [5, 5.41) is 3.28. The van der Waals surface area contributed by atoms with Gasteiger partial charge < -0.3 is 9.64 Å². The van der Waals surface area contributed by atoms with E-state index in [1.807, 2.05) is 4.90 Å². The molecule has 1 amide bonds. The number of amides is 1. The van der Waals surface area contributed by atoms with Crippen LogP contribution in [0.4, 0.5) is 0 Å². The van der Waals surface area contributed by atoms with Crippen LogP contribution in [0.15, 0.2) is 0 Å². The quantitative estimate of drug-likeness (QED) is 0.772. The molecule has 2 saturated heterocycles. The van der Waals surface area contributed by atoms with Crippen molar-refractivity contribution in [2.24, 2.45) is 11.8 Å². The molecule has 2 heterocycles. The maximum atomic E-state index is 11.7. The molecule has 2 rings (SSSR count). The summed E-state index contributed by atoms with van der Waals surface area (Å²) in [5.41, 5.74) is 0. The monoisotopic (exact) mass is 226 g/mol. The molecule has 1 N–H and O–H groups in total. The van der Waals surface area contributed by atoms with Gasteiger partial charge in [-0.05, 0) is 24.7 Å². The van der Waals surface area contributed by atoms with Crippen LogP contribution in [0.3, 0.4) is 0 Å². The van der Waals surface area contributed by atoms with Crippen LogP contribution < -0.4 is 5.32 Å². The van der Waals surface area contributed by atoms with E-state index in [1.165, 1.54) is 0 Å². The SMILES string of the molecule is CC(C)C1NCC(=O)N1CCC1CCOC1. The summed E-state index contributed by atoms with van der Waals surface area (Å²) in [6, 6.07) is 0. The fourth-order valence-corrected chi connectivity index (χ4v) is 2.55. The Balaban J connectivity index is 1.83. The number of rotatable bonds is 4. The standard InChI is InChI=1S/C12H22N2O2/c1-9(2)12-13-7-11(15)14(12)5-3-10-4-6-16-8-10/h9-10,12-13H,3-8H2,1-2H3. The molecule has 92 valence electrons. The molecular formula is C12H22N2O2. The highest BCUT2D eigenvalue weighted by atomic mass is 16.5. The first-order chi connectivity index (χ1) is 7.68. The Hall–Kier alpha value is -0.610. The largest absolute Gasteiger partial charge is 0.381 e. The second kappa shape index (κ2) is 5.15. The van der Waals surface area contributed by atoms with Gasteiger partial charge in [-0.25, -0.2) is 0 Å². The van der Waals surface area contributed by atoms with Gasteiger partial charge in [0, 0.05) is 19.8 Å². The fraction of sp³-hybridized carbons (Fsp3) is 0.917. The van der Waals surface area contributed by atoms with Gasteiger partial charge in [0.25, 0.3) is 0 Å². The zero-order valence-corrected chi connectivity index (χ0v) is 10.2. The summed E-state index contributed by atoms with van der Waals surface area (Å²) in [6.07, 6.45) is 2.47. The number of carbonyl (C=O) groups excluding carboxylic acids is 1. The van der Waals surface area contributed by atoms with Gasteiger partial charge in [0.2, 0.25) is 5.91 Å². The van der Waals surface area contributed by atoms with Crippen molar-refractivity contribution in [3.05, 3.63) is 0 Å². The maximum absolute atomic E-state index is 11.7. The Morgan fingerprint density at radius 1 is 1.56 bits per heavy atom. The van der Waals surface area contributed by atoms with Crippen molar-refractivity contribution in [1.82, 2.24) is 10.2 Å². The van der Waals surface area contributed by atoms with Crippen molar-refractivity contribution >= 4 is 5.91 Å². The van der Waals surface area contributed by atoms with Crippen molar-refractivity contribution in [2.75, 3.05) is 26.3 Å². The number of nitrogens with zero attached hydrogens (tertiary/aromatic N) is 1. The van der Waals surface area contributed by atoms with Crippen molar-refractivity contribution in [3.8, 4) is 0 Å². The molecule has 2 aliphatic heterocycles. The van der Waals surface area contributed by atoms with Crippen LogP contribution >= 0.6 is 0 Å². The van der Waals surface area contributed by atoms with Crippen LogP contribution in [-0.4, -0.2) is 43.3 Å². The third kappa shape index (κ3) is 2.55. The predicted octanol–water partition coefficient (Wildman–Crippen LogP) is 0.827. The Morgan fingerprint density at radius 3 is 3.00 bits per heavy atom. The highest BCUT2D eigenvalue weighted by Gasteiger charge is 2.32. The first-order valence-corrected chi connectivity index (χ1v) is 6.29. The van der Waals surface area contributed by atoms with Gasteiger partial charge in [0.05, 0.1) is 12.7 Å². The van der Waals surface area contributed by atoms with E-state index >= 15 is 0 Å². The van der Waals surface area contributed by atoms with Gasteiger partial charge in [0.15, 0.2) is 0 Å². The number of hydrogen-bond acceptors (Lipinski definition) is 3. The van der Waals surface area contributed by atoms with Crippen molar-refractivity contribution in [2.45, 2.75) is 32.9 Å². The fourth-order valence-electron chi connectivity index (χ4n) is 2.55. The van der Waals surface area contributed by atoms with Gasteiger partial charge in [0.1, 0.15) is 0 Å². The average molecular weight is 226 g/mol. The molecule has 2 aliphatic rings. The summed E-state index contributed by atoms with van der Waals surface area (Å²) >= 11 is 0. The normalized spacial score (nSPS) is 30.7. The summed E-state index contributed by atoms with van der Waals surface area (Å²) in [6.45, 7) is 7.46. The smallest absolute Gasteiger partial charge is 0.237 e. The molecule has 0 aromatic carbocycles. The molecule has 0 bridgehead atoms. The van der Waals surface area contributed by atoms with Crippen LogP contribution in [0, 0.1) is 11.8 Å². The topological polar surface area (TPSA) is 41.6 Å². The van der Waals surface area contributed by atoms with Gasteiger partial charge in [-0.3, -0.25) is 10.1 Å². The summed E-state index contributed by atoms with van der Waals surface area (Å²) in [4.78, 5) is 13.7. The van der Waals surface area contributed by atoms with E-state index in [1.54, 1.807) is 0 Å². The molecule has 0 aromatic heterocycles. The van der Waals surface area contributed by atoms with Crippen LogP contribution in [0.5, 0.6) is 0 Å². The molecule has 16 heavy (non-hydrogen) atoms. The van der Waals surface area contributed by atoms with E-state index in [4.69, 9.17) is 4.74 Å². The Kier molecular flexibility index (Phi) is 3.82. The van der Waals surface area contributed by atoms with Crippen LogP contribution in [0.25, 0.3) is 0 Å². The highest BCUT2D eigenvalue weighted by molar-refractivity contribution is 5.80. The third-order valence-corrected chi connectivity index (χ3v) is 3.55. The Labute approximate surface area is 97.3 Å². The van der Waals surface area contributed by atoms with Gasteiger partial charge in [-0.15, -0.1) is 0 Å². The summed E-state index contributed by atoms with van der Waals surface area (Å²) in [7, 11) is 0. The van der Waals surface area contributed by atoms with Gasteiger partial charge >= 0.3 is 0 Å². The predicted molar refractivity (Wildman–Crippen MR) is 61.9 cm³/mol. The summed E-state index contributed by atoms with van der Waals surface area (Å²) < 4.78 is 5.35. The highest BCUT2D eigenvalue weighted by Crippen LogP contribution is 2.20. The molecule has 0 aliphatic carbocycles. The molecule has 2 fully saturated rings. The minimum Gasteiger partial charge on any atom is -0.381 e. The lowest BCUT2D eigenvalue weighted by atomic mass is 10.0. The van der Waals surface area contributed by atoms with E-state index in [9.17, 15) is 4.79 Å². The lowest BCUT2D eigenvalue weighted by Crippen LogP contribution is -2.42. The van der Waals surface area contributed by atoms with Crippen molar-refractivity contribution in [1.29, 1.82) is 0 Å². The summed E-state index contributed by atoms with van der Waals surface area (Å²) in [5.74, 6) is 1.38. The Bertz CT molecular complexity index is 249. The molecule has 0 aromatic rings. The minimum atomic E-state index is 0.231. The second-order valence-corrected chi connectivity index (χ2v) is 5.18. The molecule has 4 heteroatoms. The van der Waals surface area contributed by atoms with Crippen molar-refractivity contribution in [3.63, 3.8) is 0 Å². The average Bonchev–Trinajstić information content (AvgIpc) is 2.84. The van der Waals surface area contributed by atoms with Crippen molar-refractivity contribution < 1.29 is 9.53 Å². The molecule has 2 atom stereocenters. The van der Waals surface area contributed by atoms with E-state index in [0.29, 0.717) is 18.4 Å². The Morgan fingerprint density at radius 2 is 2.38 bits per heavy atom. The lowest BCUT2D eigenvalue weighted by Gasteiger charge is -2.28. The first-order valence-electron chi connectivity index (χ1n) is 6.29. The minimum absolute atomic E-state index is 0.231. The zero-order valence-electron chi connectivity index (χ0n) is 10.2. The maximum Gasteiger partial charge on any atom is 0.237 e. The number of hydrogen-bond donors (Lipinski definition) is 1. The third-order valence-electron chi connectivity index (χ3n) is 3.55. The van der Waals surface area contributed by atoms with E-state index in [-0.39, 0.29) is 12.1 Å². The zero-order chi connectivity index (χ0) is 11.5. The molecule has 0 spiro atoms. The van der Waals surface area contributed by atoms with E-state index < -0.39 is 0 Å². The molecule has 2 unspecified atom stereocenters.